The molecule has 1 aliphatic rings. The van der Waals surface area contributed by atoms with Crippen LogP contribution < -0.4 is 10.2 Å². The zero-order valence-electron chi connectivity index (χ0n) is 18.5. The minimum Gasteiger partial charge on any atom is -0.341 e. The summed E-state index contributed by atoms with van der Waals surface area (Å²) in [5.74, 6) is 0.622. The summed E-state index contributed by atoms with van der Waals surface area (Å²) in [6.07, 6.45) is 2.28. The molecule has 1 unspecified atom stereocenters. The zero-order chi connectivity index (χ0) is 22.7. The molecule has 166 valence electrons. The Bertz CT molecular complexity index is 1120. The van der Waals surface area contributed by atoms with Crippen LogP contribution in [0, 0.1) is 6.92 Å². The number of nitrogens with one attached hydrogen (secondary N) is 1. The van der Waals surface area contributed by atoms with Crippen molar-refractivity contribution >= 4 is 35.1 Å². The maximum atomic E-state index is 12.9. The van der Waals surface area contributed by atoms with Crippen LogP contribution in [0.5, 0.6) is 0 Å². The van der Waals surface area contributed by atoms with E-state index in [-0.39, 0.29) is 11.7 Å². The van der Waals surface area contributed by atoms with Crippen molar-refractivity contribution in [1.29, 1.82) is 0 Å². The van der Waals surface area contributed by atoms with E-state index in [2.05, 4.69) is 51.6 Å². The van der Waals surface area contributed by atoms with Crippen molar-refractivity contribution in [3.63, 3.8) is 0 Å². The van der Waals surface area contributed by atoms with Gasteiger partial charge in [-0.2, -0.15) is 0 Å². The second-order valence-electron chi connectivity index (χ2n) is 8.03. The number of benzene rings is 2. The molecular formula is C24H27N5O2S. The zero-order valence-corrected chi connectivity index (χ0v) is 19.4. The van der Waals surface area contributed by atoms with Gasteiger partial charge >= 0.3 is 0 Å². The van der Waals surface area contributed by atoms with Gasteiger partial charge < -0.3 is 10.2 Å². The van der Waals surface area contributed by atoms with Gasteiger partial charge in [0.2, 0.25) is 11.9 Å². The molecule has 2 heterocycles. The predicted octanol–water partition coefficient (Wildman–Crippen LogP) is 4.50. The molecule has 0 radical (unpaired) electrons. The number of Topliss-reactive ketones (excluding diaryl/α,β-unsaturated/α-hetero) is 1. The lowest BCUT2D eigenvalue weighted by Gasteiger charge is -2.19. The van der Waals surface area contributed by atoms with Crippen molar-refractivity contribution in [2.75, 3.05) is 23.3 Å². The highest BCUT2D eigenvalue weighted by Gasteiger charge is 2.25. The first-order valence-corrected chi connectivity index (χ1v) is 11.7. The number of carbonyl (C=O) groups excluding carboxylic acids is 2. The Morgan fingerprint density at radius 3 is 2.47 bits per heavy atom. The topological polar surface area (TPSA) is 80.1 Å². The lowest BCUT2D eigenvalue weighted by atomic mass is 10.1. The quantitative estimate of drug-likeness (QED) is 0.423. The Morgan fingerprint density at radius 1 is 1.06 bits per heavy atom. The van der Waals surface area contributed by atoms with Gasteiger partial charge in [-0.1, -0.05) is 41.6 Å². The van der Waals surface area contributed by atoms with E-state index in [1.165, 1.54) is 24.2 Å². The first kappa shape index (κ1) is 22.1. The molecule has 2 aromatic carbocycles. The third-order valence-electron chi connectivity index (χ3n) is 5.49. The Kier molecular flexibility index (Phi) is 6.60. The van der Waals surface area contributed by atoms with Gasteiger partial charge in [-0.3, -0.25) is 14.2 Å². The minimum absolute atomic E-state index is 0.0378. The molecule has 1 saturated heterocycles. The van der Waals surface area contributed by atoms with E-state index >= 15 is 0 Å². The number of aryl methyl sites for hydroxylation is 1. The Morgan fingerprint density at radius 2 is 1.78 bits per heavy atom. The van der Waals surface area contributed by atoms with Crippen molar-refractivity contribution in [2.24, 2.45) is 0 Å². The predicted molar refractivity (Wildman–Crippen MR) is 128 cm³/mol. The smallest absolute Gasteiger partial charge is 0.237 e. The maximum Gasteiger partial charge on any atom is 0.237 e. The summed E-state index contributed by atoms with van der Waals surface area (Å²) in [5.41, 5.74) is 3.33. The number of hydrogen-bond acceptors (Lipinski definition) is 6. The Labute approximate surface area is 192 Å². The molecule has 1 fully saturated rings. The van der Waals surface area contributed by atoms with E-state index in [0.717, 1.165) is 37.6 Å². The summed E-state index contributed by atoms with van der Waals surface area (Å²) in [4.78, 5) is 26.7. The first-order chi connectivity index (χ1) is 15.4. The second-order valence-corrected chi connectivity index (χ2v) is 9.34. The fourth-order valence-corrected chi connectivity index (χ4v) is 4.51. The minimum atomic E-state index is -0.407. The average Bonchev–Trinajstić information content (AvgIpc) is 3.44. The molecule has 1 aromatic heterocycles. The van der Waals surface area contributed by atoms with E-state index in [9.17, 15) is 9.59 Å². The standard InChI is InChI=1S/C24H27N5O2S/c1-16-9-11-21(12-10-16)29-23(28-13-4-5-14-28)26-27-24(29)32-18(3)22(31)25-20-8-6-7-19(15-20)17(2)30/h6-12,15,18H,4-5,13-14H2,1-3H3,(H,25,31). The van der Waals surface area contributed by atoms with Crippen molar-refractivity contribution in [1.82, 2.24) is 14.8 Å². The lowest BCUT2D eigenvalue weighted by Crippen LogP contribution is -2.24. The van der Waals surface area contributed by atoms with Gasteiger partial charge in [0.1, 0.15) is 0 Å². The monoisotopic (exact) mass is 449 g/mol. The number of aromatic nitrogens is 3. The molecule has 0 bridgehead atoms. The number of ketones is 1. The molecule has 1 aliphatic heterocycles. The van der Waals surface area contributed by atoms with Crippen LogP contribution in [0.1, 0.15) is 42.6 Å². The van der Waals surface area contributed by atoms with Crippen molar-refractivity contribution in [3.05, 3.63) is 59.7 Å². The summed E-state index contributed by atoms with van der Waals surface area (Å²) in [5, 5.41) is 12.1. The maximum absolute atomic E-state index is 12.9. The summed E-state index contributed by atoms with van der Waals surface area (Å²) in [7, 11) is 0. The van der Waals surface area contributed by atoms with E-state index in [1.54, 1.807) is 24.3 Å². The van der Waals surface area contributed by atoms with Crippen LogP contribution in [-0.4, -0.2) is 44.8 Å². The van der Waals surface area contributed by atoms with E-state index in [1.807, 2.05) is 11.5 Å². The highest BCUT2D eigenvalue weighted by Crippen LogP contribution is 2.31. The molecule has 7 nitrogen and oxygen atoms in total. The number of rotatable bonds is 7. The van der Waals surface area contributed by atoms with Gasteiger partial charge in [-0.25, -0.2) is 0 Å². The van der Waals surface area contributed by atoms with Gasteiger partial charge in [0, 0.05) is 24.3 Å². The van der Waals surface area contributed by atoms with Crippen LogP contribution in [0.2, 0.25) is 0 Å². The molecule has 1 N–H and O–H groups in total. The van der Waals surface area contributed by atoms with Crippen molar-refractivity contribution in [3.8, 4) is 5.69 Å². The number of anilines is 2. The molecule has 32 heavy (non-hydrogen) atoms. The normalized spacial score (nSPS) is 14.4. The number of thioether (sulfide) groups is 1. The van der Waals surface area contributed by atoms with Crippen LogP contribution in [0.3, 0.4) is 0 Å². The highest BCUT2D eigenvalue weighted by molar-refractivity contribution is 8.00. The number of nitrogens with zero attached hydrogens (tertiary/aromatic N) is 4. The largest absolute Gasteiger partial charge is 0.341 e. The third-order valence-corrected chi connectivity index (χ3v) is 6.53. The van der Waals surface area contributed by atoms with Gasteiger partial charge in [-0.15, -0.1) is 10.2 Å². The summed E-state index contributed by atoms with van der Waals surface area (Å²) in [6.45, 7) is 7.32. The van der Waals surface area contributed by atoms with Crippen LogP contribution in [0.15, 0.2) is 53.7 Å². The summed E-state index contributed by atoms with van der Waals surface area (Å²) >= 11 is 1.37. The fraction of sp³-hybridized carbons (Fsp3) is 0.333. The molecule has 0 aliphatic carbocycles. The van der Waals surface area contributed by atoms with Gasteiger partial charge in [-0.05, 0) is 57.9 Å². The van der Waals surface area contributed by atoms with Crippen molar-refractivity contribution < 1.29 is 9.59 Å². The van der Waals surface area contributed by atoms with E-state index < -0.39 is 5.25 Å². The molecule has 1 atom stereocenters. The van der Waals surface area contributed by atoms with Gasteiger partial charge in [0.25, 0.3) is 0 Å². The number of carbonyl (C=O) groups is 2. The van der Waals surface area contributed by atoms with Gasteiger partial charge in [0.15, 0.2) is 10.9 Å². The third kappa shape index (κ3) is 4.85. The average molecular weight is 450 g/mol. The van der Waals surface area contributed by atoms with Gasteiger partial charge in [0.05, 0.1) is 10.9 Å². The van der Waals surface area contributed by atoms with Crippen LogP contribution in [0.4, 0.5) is 11.6 Å². The molecular weight excluding hydrogens is 422 g/mol. The number of hydrogen-bond donors (Lipinski definition) is 1. The Hall–Kier alpha value is -3.13. The van der Waals surface area contributed by atoms with E-state index in [0.29, 0.717) is 16.4 Å². The fourth-order valence-electron chi connectivity index (χ4n) is 3.65. The van der Waals surface area contributed by atoms with Crippen LogP contribution in [-0.2, 0) is 4.79 Å². The molecule has 3 aromatic rings. The van der Waals surface area contributed by atoms with E-state index in [4.69, 9.17) is 0 Å². The first-order valence-electron chi connectivity index (χ1n) is 10.8. The molecule has 8 heteroatoms. The van der Waals surface area contributed by atoms with Crippen LogP contribution >= 0.6 is 11.8 Å². The van der Waals surface area contributed by atoms with Crippen molar-refractivity contribution in [2.45, 2.75) is 44.0 Å². The number of amides is 1. The molecule has 1 amide bonds. The molecule has 0 saturated carbocycles. The Balaban J connectivity index is 1.56. The lowest BCUT2D eigenvalue weighted by molar-refractivity contribution is -0.115. The second kappa shape index (κ2) is 9.56. The summed E-state index contributed by atoms with van der Waals surface area (Å²) in [6, 6.07) is 15.2. The molecule has 4 rings (SSSR count). The molecule has 0 spiro atoms. The SMILES string of the molecule is CC(=O)c1cccc(NC(=O)C(C)Sc2nnc(N3CCCC3)n2-c2ccc(C)cc2)c1. The van der Waals surface area contributed by atoms with Crippen LogP contribution in [0.25, 0.3) is 5.69 Å². The highest BCUT2D eigenvalue weighted by atomic mass is 32.2. The summed E-state index contributed by atoms with van der Waals surface area (Å²) < 4.78 is 2.04.